The Bertz CT molecular complexity index is 815. The maximum Gasteiger partial charge on any atom is 0.166 e. The fourth-order valence-electron chi connectivity index (χ4n) is 3.08. The Hall–Kier alpha value is -2.40. The van der Waals surface area contributed by atoms with Crippen LogP contribution in [0.15, 0.2) is 24.3 Å². The van der Waals surface area contributed by atoms with Crippen LogP contribution in [-0.4, -0.2) is 22.5 Å². The van der Waals surface area contributed by atoms with Crippen molar-refractivity contribution in [2.45, 2.75) is 39.5 Å². The van der Waals surface area contributed by atoms with Gasteiger partial charge in [-0.05, 0) is 48.2 Å². The molecule has 0 spiro atoms. The fourth-order valence-corrected chi connectivity index (χ4v) is 4.03. The maximum atomic E-state index is 11.2. The number of aldehydes is 2. The third kappa shape index (κ3) is 3.51. The molecule has 5 heteroatoms. The lowest BCUT2D eigenvalue weighted by atomic mass is 10.1. The number of aromatic nitrogens is 2. The number of thiophene rings is 1. The van der Waals surface area contributed by atoms with E-state index in [1.165, 1.54) is 0 Å². The van der Waals surface area contributed by atoms with E-state index in [1.807, 2.05) is 0 Å². The number of aryl methyl sites for hydroxylation is 2. The summed E-state index contributed by atoms with van der Waals surface area (Å²) in [5, 5.41) is 0. The number of rotatable bonds is 8. The van der Waals surface area contributed by atoms with Crippen molar-refractivity contribution in [3.8, 4) is 21.1 Å². The molecule has 3 rings (SSSR count). The van der Waals surface area contributed by atoms with Crippen LogP contribution in [0.5, 0.6) is 0 Å². The van der Waals surface area contributed by atoms with Crippen LogP contribution in [0.4, 0.5) is 0 Å². The number of hydrogen-bond acceptors (Lipinski definition) is 3. The van der Waals surface area contributed by atoms with E-state index in [0.29, 0.717) is 11.4 Å². The first kappa shape index (κ1) is 17.4. The van der Waals surface area contributed by atoms with E-state index in [-0.39, 0.29) is 0 Å². The zero-order chi connectivity index (χ0) is 17.8. The highest BCUT2D eigenvalue weighted by atomic mass is 32.1. The van der Waals surface area contributed by atoms with Gasteiger partial charge < -0.3 is 9.97 Å². The van der Waals surface area contributed by atoms with E-state index >= 15 is 0 Å². The summed E-state index contributed by atoms with van der Waals surface area (Å²) in [6.07, 6.45) is 5.57. The molecule has 2 N–H and O–H groups in total. The van der Waals surface area contributed by atoms with Crippen molar-refractivity contribution in [2.75, 3.05) is 0 Å². The topological polar surface area (TPSA) is 65.7 Å². The van der Waals surface area contributed by atoms with E-state index in [9.17, 15) is 9.59 Å². The molecule has 0 amide bonds. The van der Waals surface area contributed by atoms with Gasteiger partial charge in [-0.1, -0.05) is 26.7 Å². The first-order chi connectivity index (χ1) is 12.2. The minimum Gasteiger partial charge on any atom is -0.351 e. The monoisotopic (exact) mass is 354 g/mol. The van der Waals surface area contributed by atoms with Gasteiger partial charge in [-0.2, -0.15) is 0 Å². The number of carbonyl (C=O) groups excluding carboxylic acids is 2. The highest BCUT2D eigenvalue weighted by Gasteiger charge is 2.13. The van der Waals surface area contributed by atoms with Crippen LogP contribution >= 0.6 is 11.3 Å². The summed E-state index contributed by atoms with van der Waals surface area (Å²) in [6.45, 7) is 4.21. The molecule has 0 radical (unpaired) electrons. The Labute approximate surface area is 151 Å². The number of H-pyrrole nitrogens is 2. The van der Waals surface area contributed by atoms with Crippen molar-refractivity contribution >= 4 is 23.9 Å². The second-order valence-electron chi connectivity index (χ2n) is 6.14. The lowest BCUT2D eigenvalue weighted by Gasteiger charge is -1.92. The SMILES string of the molecule is CCCc1cc(-c2ccc(-c3cc(CCC)c(C=O)[nH]3)s2)[nH]c1C=O. The second kappa shape index (κ2) is 7.66. The molecule has 0 unspecified atom stereocenters. The van der Waals surface area contributed by atoms with Crippen LogP contribution in [0.3, 0.4) is 0 Å². The maximum absolute atomic E-state index is 11.2. The van der Waals surface area contributed by atoms with Gasteiger partial charge in [-0.3, -0.25) is 9.59 Å². The van der Waals surface area contributed by atoms with Gasteiger partial charge in [-0.25, -0.2) is 0 Å². The standard InChI is InChI=1S/C20H22N2O2S/c1-3-5-13-9-15(21-17(13)11-23)19-7-8-20(25-19)16-10-14(6-4-2)18(12-24)22-16/h7-12,21-22H,3-6H2,1-2H3. The highest BCUT2D eigenvalue weighted by Crippen LogP contribution is 2.35. The summed E-state index contributed by atoms with van der Waals surface area (Å²) >= 11 is 1.65. The number of carbonyl (C=O) groups is 2. The van der Waals surface area contributed by atoms with Gasteiger partial charge >= 0.3 is 0 Å². The predicted molar refractivity (Wildman–Crippen MR) is 103 cm³/mol. The Morgan fingerprint density at radius 3 is 1.64 bits per heavy atom. The zero-order valence-corrected chi connectivity index (χ0v) is 15.3. The molecule has 25 heavy (non-hydrogen) atoms. The molecule has 0 saturated heterocycles. The minimum atomic E-state index is 0.667. The summed E-state index contributed by atoms with van der Waals surface area (Å²) < 4.78 is 0. The molecular weight excluding hydrogens is 332 g/mol. The van der Waals surface area contributed by atoms with Gasteiger partial charge in [0.25, 0.3) is 0 Å². The molecule has 130 valence electrons. The van der Waals surface area contributed by atoms with E-state index in [2.05, 4.69) is 48.1 Å². The summed E-state index contributed by atoms with van der Waals surface area (Å²) in [4.78, 5) is 31.1. The summed E-state index contributed by atoms with van der Waals surface area (Å²) in [5.74, 6) is 0. The predicted octanol–water partition coefficient (Wildman–Crippen LogP) is 5.27. The largest absolute Gasteiger partial charge is 0.351 e. The average Bonchev–Trinajstić information content (AvgIpc) is 3.32. The molecule has 3 aromatic heterocycles. The van der Waals surface area contributed by atoms with Crippen molar-refractivity contribution in [1.82, 2.24) is 9.97 Å². The Balaban J connectivity index is 1.92. The van der Waals surface area contributed by atoms with Crippen LogP contribution in [0.2, 0.25) is 0 Å². The van der Waals surface area contributed by atoms with E-state index in [4.69, 9.17) is 0 Å². The quantitative estimate of drug-likeness (QED) is 0.541. The van der Waals surface area contributed by atoms with Gasteiger partial charge in [0.05, 0.1) is 32.5 Å². The fraction of sp³-hybridized carbons (Fsp3) is 0.300. The molecule has 0 aromatic carbocycles. The van der Waals surface area contributed by atoms with Gasteiger partial charge in [0.15, 0.2) is 12.6 Å². The summed E-state index contributed by atoms with van der Waals surface area (Å²) in [7, 11) is 0. The zero-order valence-electron chi connectivity index (χ0n) is 14.5. The molecule has 0 atom stereocenters. The molecule has 0 aliphatic rings. The molecule has 3 heterocycles. The number of hydrogen-bond donors (Lipinski definition) is 2. The normalized spacial score (nSPS) is 11.0. The molecule has 0 bridgehead atoms. The van der Waals surface area contributed by atoms with E-state index in [1.54, 1.807) is 11.3 Å². The third-order valence-electron chi connectivity index (χ3n) is 4.28. The van der Waals surface area contributed by atoms with Gasteiger partial charge in [-0.15, -0.1) is 11.3 Å². The second-order valence-corrected chi connectivity index (χ2v) is 7.23. The molecular formula is C20H22N2O2S. The van der Waals surface area contributed by atoms with Crippen LogP contribution in [0.25, 0.3) is 21.1 Å². The van der Waals surface area contributed by atoms with Crippen molar-refractivity contribution in [1.29, 1.82) is 0 Å². The Morgan fingerprint density at radius 1 is 0.840 bits per heavy atom. The lowest BCUT2D eigenvalue weighted by molar-refractivity contribution is 0.111. The molecule has 0 fully saturated rings. The Kier molecular flexibility index (Phi) is 5.34. The van der Waals surface area contributed by atoms with E-state index in [0.717, 1.165) is 70.5 Å². The summed E-state index contributed by atoms with van der Waals surface area (Å²) in [5.41, 5.74) is 5.40. The number of aromatic amines is 2. The first-order valence-electron chi connectivity index (χ1n) is 8.64. The lowest BCUT2D eigenvalue weighted by Crippen LogP contribution is -1.87. The summed E-state index contributed by atoms with van der Waals surface area (Å²) in [6, 6.07) is 8.24. The van der Waals surface area contributed by atoms with Gasteiger partial charge in [0.1, 0.15) is 0 Å². The minimum absolute atomic E-state index is 0.667. The van der Waals surface area contributed by atoms with E-state index < -0.39 is 0 Å². The molecule has 0 saturated carbocycles. The van der Waals surface area contributed by atoms with Crippen LogP contribution in [0.1, 0.15) is 58.8 Å². The van der Waals surface area contributed by atoms with Crippen molar-refractivity contribution in [3.05, 3.63) is 46.8 Å². The smallest absolute Gasteiger partial charge is 0.166 e. The molecule has 0 aliphatic carbocycles. The van der Waals surface area contributed by atoms with Crippen LogP contribution < -0.4 is 0 Å². The average molecular weight is 354 g/mol. The highest BCUT2D eigenvalue weighted by molar-refractivity contribution is 7.18. The van der Waals surface area contributed by atoms with Gasteiger partial charge in [0.2, 0.25) is 0 Å². The number of nitrogens with one attached hydrogen (secondary N) is 2. The van der Waals surface area contributed by atoms with Crippen molar-refractivity contribution in [2.24, 2.45) is 0 Å². The Morgan fingerprint density at radius 2 is 1.28 bits per heavy atom. The molecule has 3 aromatic rings. The van der Waals surface area contributed by atoms with Crippen molar-refractivity contribution < 1.29 is 9.59 Å². The molecule has 4 nitrogen and oxygen atoms in total. The third-order valence-corrected chi connectivity index (χ3v) is 5.43. The van der Waals surface area contributed by atoms with Crippen molar-refractivity contribution in [3.63, 3.8) is 0 Å². The first-order valence-corrected chi connectivity index (χ1v) is 9.46. The van der Waals surface area contributed by atoms with Gasteiger partial charge in [0, 0.05) is 0 Å². The van der Waals surface area contributed by atoms with Crippen LogP contribution in [0, 0.1) is 0 Å². The molecule has 0 aliphatic heterocycles. The van der Waals surface area contributed by atoms with Crippen LogP contribution in [-0.2, 0) is 12.8 Å².